The summed E-state index contributed by atoms with van der Waals surface area (Å²) < 4.78 is 5.49. The summed E-state index contributed by atoms with van der Waals surface area (Å²) in [6, 6.07) is 1.65. The number of carboxylic acid groups (broad SMARTS) is 1. The van der Waals surface area contributed by atoms with E-state index in [2.05, 4.69) is 4.90 Å². The summed E-state index contributed by atoms with van der Waals surface area (Å²) >= 11 is 1.98. The van der Waals surface area contributed by atoms with Crippen LogP contribution in [0, 0.1) is 6.92 Å². The Kier molecular flexibility index (Phi) is 4.12. The predicted molar refractivity (Wildman–Crippen MR) is 67.6 cm³/mol. The third-order valence-corrected chi connectivity index (χ3v) is 3.94. The van der Waals surface area contributed by atoms with Crippen molar-refractivity contribution in [1.82, 2.24) is 4.90 Å². The molecule has 0 radical (unpaired) electrons. The lowest BCUT2D eigenvalue weighted by Gasteiger charge is -2.17. The van der Waals surface area contributed by atoms with Crippen molar-refractivity contribution in [2.45, 2.75) is 19.9 Å². The van der Waals surface area contributed by atoms with Gasteiger partial charge in [-0.25, -0.2) is 4.79 Å². The summed E-state index contributed by atoms with van der Waals surface area (Å²) in [5, 5.41) is 8.95. The van der Waals surface area contributed by atoms with Crippen LogP contribution in [0.2, 0.25) is 0 Å². The predicted octanol–water partition coefficient (Wildman–Crippen LogP) is 2.23. The Hall–Kier alpha value is -0.940. The van der Waals surface area contributed by atoms with Crippen molar-refractivity contribution in [3.05, 3.63) is 23.2 Å². The molecule has 0 aromatic carbocycles. The van der Waals surface area contributed by atoms with E-state index in [0.29, 0.717) is 12.3 Å². The molecule has 0 unspecified atom stereocenters. The van der Waals surface area contributed by atoms with Gasteiger partial charge in [-0.1, -0.05) is 0 Å². The minimum atomic E-state index is -0.913. The lowest BCUT2D eigenvalue weighted by atomic mass is 10.2. The molecule has 5 heteroatoms. The number of furan rings is 1. The molecule has 94 valence electrons. The van der Waals surface area contributed by atoms with Gasteiger partial charge in [-0.3, -0.25) is 4.90 Å². The van der Waals surface area contributed by atoms with Gasteiger partial charge in [0.05, 0.1) is 6.54 Å². The molecule has 1 fully saturated rings. The zero-order chi connectivity index (χ0) is 12.3. The molecule has 1 aliphatic heterocycles. The van der Waals surface area contributed by atoms with Crippen LogP contribution in [0.5, 0.6) is 0 Å². The van der Waals surface area contributed by atoms with Crippen molar-refractivity contribution in [1.29, 1.82) is 0 Å². The van der Waals surface area contributed by atoms with Crippen LogP contribution in [0.4, 0.5) is 0 Å². The Morgan fingerprint density at radius 1 is 1.53 bits per heavy atom. The van der Waals surface area contributed by atoms with E-state index >= 15 is 0 Å². The van der Waals surface area contributed by atoms with E-state index in [4.69, 9.17) is 9.52 Å². The van der Waals surface area contributed by atoms with Gasteiger partial charge >= 0.3 is 5.97 Å². The average molecular weight is 255 g/mol. The number of nitrogens with zero attached hydrogens (tertiary/aromatic N) is 1. The molecular formula is C12H17NO3S. The molecule has 0 spiro atoms. The molecule has 0 saturated carbocycles. The Morgan fingerprint density at radius 2 is 2.35 bits per heavy atom. The van der Waals surface area contributed by atoms with Gasteiger partial charge in [0.25, 0.3) is 0 Å². The number of hydrogen-bond acceptors (Lipinski definition) is 4. The van der Waals surface area contributed by atoms with Gasteiger partial charge in [-0.2, -0.15) is 11.8 Å². The molecule has 0 atom stereocenters. The van der Waals surface area contributed by atoms with Gasteiger partial charge < -0.3 is 9.52 Å². The second-order valence-corrected chi connectivity index (χ2v) is 5.45. The molecule has 0 bridgehead atoms. The highest BCUT2D eigenvalue weighted by Gasteiger charge is 2.16. The molecule has 1 aromatic rings. The minimum Gasteiger partial charge on any atom is -0.478 e. The highest BCUT2D eigenvalue weighted by Crippen LogP contribution is 2.18. The van der Waals surface area contributed by atoms with E-state index in [9.17, 15) is 4.79 Å². The summed E-state index contributed by atoms with van der Waals surface area (Å²) in [5.74, 6) is 2.70. The normalized spacial score (nSPS) is 17.9. The number of carboxylic acids is 1. The number of hydrogen-bond donors (Lipinski definition) is 1. The van der Waals surface area contributed by atoms with Crippen LogP contribution in [0.3, 0.4) is 0 Å². The van der Waals surface area contributed by atoms with Gasteiger partial charge in [0.2, 0.25) is 0 Å². The third-order valence-electron chi connectivity index (χ3n) is 2.89. The van der Waals surface area contributed by atoms with Crippen molar-refractivity contribution in [3.8, 4) is 0 Å². The number of aromatic carboxylic acids is 1. The van der Waals surface area contributed by atoms with E-state index in [1.165, 1.54) is 12.2 Å². The Balaban J connectivity index is 2.02. The zero-order valence-electron chi connectivity index (χ0n) is 9.94. The van der Waals surface area contributed by atoms with Gasteiger partial charge in [-0.05, 0) is 31.7 Å². The summed E-state index contributed by atoms with van der Waals surface area (Å²) in [6.45, 7) is 4.53. The van der Waals surface area contributed by atoms with Crippen LogP contribution in [-0.2, 0) is 6.54 Å². The lowest BCUT2D eigenvalue weighted by Crippen LogP contribution is -2.25. The second-order valence-electron chi connectivity index (χ2n) is 4.23. The molecule has 1 aliphatic rings. The first-order valence-corrected chi connectivity index (χ1v) is 6.95. The van der Waals surface area contributed by atoms with E-state index < -0.39 is 5.97 Å². The summed E-state index contributed by atoms with van der Waals surface area (Å²) in [5.41, 5.74) is 0.282. The fraction of sp³-hybridized carbons (Fsp3) is 0.583. The first-order valence-electron chi connectivity index (χ1n) is 5.79. The molecule has 1 aromatic heterocycles. The van der Waals surface area contributed by atoms with Crippen molar-refractivity contribution < 1.29 is 14.3 Å². The molecular weight excluding hydrogens is 238 g/mol. The molecule has 1 saturated heterocycles. The second kappa shape index (κ2) is 5.60. The first kappa shape index (κ1) is 12.5. The number of aryl methyl sites for hydroxylation is 1. The summed E-state index contributed by atoms with van der Waals surface area (Å²) in [4.78, 5) is 13.2. The van der Waals surface area contributed by atoms with Crippen LogP contribution in [0.15, 0.2) is 10.5 Å². The molecule has 0 aliphatic carbocycles. The third kappa shape index (κ3) is 3.26. The average Bonchev–Trinajstić information content (AvgIpc) is 2.50. The van der Waals surface area contributed by atoms with Crippen molar-refractivity contribution in [2.75, 3.05) is 24.6 Å². The maximum Gasteiger partial charge on any atom is 0.339 e. The highest BCUT2D eigenvalue weighted by molar-refractivity contribution is 7.99. The van der Waals surface area contributed by atoms with Gasteiger partial charge in [0, 0.05) is 12.3 Å². The molecule has 2 heterocycles. The number of thioether (sulfide) groups is 1. The number of rotatable bonds is 3. The maximum atomic E-state index is 10.9. The van der Waals surface area contributed by atoms with Crippen molar-refractivity contribution in [2.24, 2.45) is 0 Å². The summed E-state index contributed by atoms with van der Waals surface area (Å²) in [6.07, 6.45) is 1.19. The molecule has 1 N–H and O–H groups in total. The quantitative estimate of drug-likeness (QED) is 0.897. The maximum absolute atomic E-state index is 10.9. The zero-order valence-corrected chi connectivity index (χ0v) is 10.8. The van der Waals surface area contributed by atoms with Crippen LogP contribution >= 0.6 is 11.8 Å². The van der Waals surface area contributed by atoms with Gasteiger partial charge in [0.15, 0.2) is 0 Å². The Labute approximate surface area is 105 Å². The van der Waals surface area contributed by atoms with Crippen LogP contribution in [-0.4, -0.2) is 40.6 Å². The number of carbonyl (C=O) groups is 1. The van der Waals surface area contributed by atoms with Crippen molar-refractivity contribution >= 4 is 17.7 Å². The molecule has 17 heavy (non-hydrogen) atoms. The fourth-order valence-electron chi connectivity index (χ4n) is 2.01. The standard InChI is InChI=1S/C12H17NO3S/c1-9-11(12(14)15)7-10(16-9)8-13-3-2-5-17-6-4-13/h7H,2-6,8H2,1H3,(H,14,15). The Bertz CT molecular complexity index is 394. The van der Waals surface area contributed by atoms with Gasteiger partial charge in [0.1, 0.15) is 17.1 Å². The van der Waals surface area contributed by atoms with Crippen LogP contribution in [0.25, 0.3) is 0 Å². The molecule has 2 rings (SSSR count). The Morgan fingerprint density at radius 3 is 3.06 bits per heavy atom. The van der Waals surface area contributed by atoms with E-state index in [0.717, 1.165) is 24.6 Å². The minimum absolute atomic E-state index is 0.282. The SMILES string of the molecule is Cc1oc(CN2CCCSCC2)cc1C(=O)O. The van der Waals surface area contributed by atoms with E-state index in [-0.39, 0.29) is 5.56 Å². The first-order chi connectivity index (χ1) is 8.16. The molecule has 4 nitrogen and oxygen atoms in total. The highest BCUT2D eigenvalue weighted by atomic mass is 32.2. The smallest absolute Gasteiger partial charge is 0.339 e. The fourth-order valence-corrected chi connectivity index (χ4v) is 2.93. The van der Waals surface area contributed by atoms with Crippen LogP contribution < -0.4 is 0 Å². The lowest BCUT2D eigenvalue weighted by molar-refractivity contribution is 0.0695. The topological polar surface area (TPSA) is 53.7 Å². The molecule has 0 amide bonds. The van der Waals surface area contributed by atoms with Crippen molar-refractivity contribution in [3.63, 3.8) is 0 Å². The largest absolute Gasteiger partial charge is 0.478 e. The van der Waals surface area contributed by atoms with Gasteiger partial charge in [-0.15, -0.1) is 0 Å². The van der Waals surface area contributed by atoms with Crippen LogP contribution in [0.1, 0.15) is 28.3 Å². The summed E-state index contributed by atoms with van der Waals surface area (Å²) in [7, 11) is 0. The monoisotopic (exact) mass is 255 g/mol. The van der Waals surface area contributed by atoms with E-state index in [1.54, 1.807) is 13.0 Å². The van der Waals surface area contributed by atoms with E-state index in [1.807, 2.05) is 11.8 Å².